The second kappa shape index (κ2) is 5.78. The van der Waals surface area contributed by atoms with E-state index < -0.39 is 11.7 Å². The number of aliphatic hydroxyl groups excluding tert-OH is 1. The van der Waals surface area contributed by atoms with Crippen molar-refractivity contribution in [1.29, 1.82) is 0 Å². The summed E-state index contributed by atoms with van der Waals surface area (Å²) < 4.78 is 5.82. The zero-order chi connectivity index (χ0) is 15.7. The van der Waals surface area contributed by atoms with Crippen molar-refractivity contribution in [3.8, 4) is 0 Å². The van der Waals surface area contributed by atoms with Gasteiger partial charge in [-0.05, 0) is 33.3 Å². The van der Waals surface area contributed by atoms with E-state index in [1.165, 1.54) is 0 Å². The number of amides is 1. The number of aliphatic hydroxyl groups is 1. The van der Waals surface area contributed by atoms with Gasteiger partial charge < -0.3 is 14.7 Å². The molecule has 4 heteroatoms. The van der Waals surface area contributed by atoms with Crippen LogP contribution < -0.4 is 0 Å². The number of morpholine rings is 1. The standard InChI is InChI=1S/C17H25NO3/c1-13(19)10-17(4)15(20)18(16(2,3)12-21-17)11-14-8-6-5-7-9-14/h5-9,13,19H,10-12H2,1-4H3. The lowest BCUT2D eigenvalue weighted by molar-refractivity contribution is -0.193. The number of carbonyl (C=O) groups is 1. The highest BCUT2D eigenvalue weighted by molar-refractivity contribution is 5.86. The predicted molar refractivity (Wildman–Crippen MR) is 81.7 cm³/mol. The Morgan fingerprint density at radius 1 is 1.29 bits per heavy atom. The first kappa shape index (κ1) is 16.0. The Morgan fingerprint density at radius 3 is 2.48 bits per heavy atom. The number of hydrogen-bond acceptors (Lipinski definition) is 3. The normalized spacial score (nSPS) is 26.7. The Kier molecular flexibility index (Phi) is 4.40. The zero-order valence-electron chi connectivity index (χ0n) is 13.3. The first-order valence-corrected chi connectivity index (χ1v) is 7.43. The van der Waals surface area contributed by atoms with Crippen molar-refractivity contribution < 1.29 is 14.6 Å². The van der Waals surface area contributed by atoms with Crippen LogP contribution in [0.15, 0.2) is 30.3 Å². The quantitative estimate of drug-likeness (QED) is 0.926. The van der Waals surface area contributed by atoms with Crippen molar-refractivity contribution in [2.75, 3.05) is 6.61 Å². The second-order valence-electron chi connectivity index (χ2n) is 6.76. The third-order valence-corrected chi connectivity index (χ3v) is 4.04. The van der Waals surface area contributed by atoms with E-state index in [2.05, 4.69) is 0 Å². The fraction of sp³-hybridized carbons (Fsp3) is 0.588. The van der Waals surface area contributed by atoms with Crippen molar-refractivity contribution in [3.63, 3.8) is 0 Å². The highest BCUT2D eigenvalue weighted by atomic mass is 16.5. The lowest BCUT2D eigenvalue weighted by Gasteiger charge is -2.49. The molecule has 1 N–H and O–H groups in total. The lowest BCUT2D eigenvalue weighted by atomic mass is 9.89. The Hall–Kier alpha value is -1.39. The highest BCUT2D eigenvalue weighted by Crippen LogP contribution is 2.33. The number of rotatable bonds is 4. The molecule has 1 heterocycles. The van der Waals surface area contributed by atoms with E-state index in [4.69, 9.17) is 4.74 Å². The van der Waals surface area contributed by atoms with Gasteiger partial charge in [-0.25, -0.2) is 0 Å². The first-order chi connectivity index (χ1) is 9.74. The third-order valence-electron chi connectivity index (χ3n) is 4.04. The molecule has 0 saturated carbocycles. The van der Waals surface area contributed by atoms with E-state index in [1.807, 2.05) is 49.1 Å². The van der Waals surface area contributed by atoms with Crippen LogP contribution in [0.5, 0.6) is 0 Å². The molecule has 1 fully saturated rings. The van der Waals surface area contributed by atoms with Crippen molar-refractivity contribution in [3.05, 3.63) is 35.9 Å². The summed E-state index contributed by atoms with van der Waals surface area (Å²) in [5.41, 5.74) is -0.205. The van der Waals surface area contributed by atoms with Crippen LogP contribution in [0.4, 0.5) is 0 Å². The van der Waals surface area contributed by atoms with Crippen molar-refractivity contribution in [2.45, 2.75) is 57.9 Å². The highest BCUT2D eigenvalue weighted by Gasteiger charge is 2.48. The molecular weight excluding hydrogens is 266 g/mol. The van der Waals surface area contributed by atoms with Crippen LogP contribution >= 0.6 is 0 Å². The average molecular weight is 291 g/mol. The van der Waals surface area contributed by atoms with E-state index in [1.54, 1.807) is 13.8 Å². The summed E-state index contributed by atoms with van der Waals surface area (Å²) >= 11 is 0. The Bertz CT molecular complexity index is 498. The zero-order valence-corrected chi connectivity index (χ0v) is 13.3. The fourth-order valence-corrected chi connectivity index (χ4v) is 2.80. The van der Waals surface area contributed by atoms with Crippen LogP contribution in [0.3, 0.4) is 0 Å². The maximum atomic E-state index is 12.9. The van der Waals surface area contributed by atoms with E-state index in [0.717, 1.165) is 5.56 Å². The van der Waals surface area contributed by atoms with Gasteiger partial charge in [0.1, 0.15) is 5.60 Å². The molecule has 21 heavy (non-hydrogen) atoms. The summed E-state index contributed by atoms with van der Waals surface area (Å²) in [4.78, 5) is 14.8. The van der Waals surface area contributed by atoms with Gasteiger partial charge in [-0.15, -0.1) is 0 Å². The minimum Gasteiger partial charge on any atom is -0.393 e. The molecule has 2 atom stereocenters. The molecule has 0 spiro atoms. The fourth-order valence-electron chi connectivity index (χ4n) is 2.80. The molecule has 0 aromatic heterocycles. The summed E-state index contributed by atoms with van der Waals surface area (Å²) in [6.45, 7) is 8.50. The molecular formula is C17H25NO3. The lowest BCUT2D eigenvalue weighted by Crippen LogP contribution is -2.64. The maximum Gasteiger partial charge on any atom is 0.255 e. The van der Waals surface area contributed by atoms with Gasteiger partial charge in [0, 0.05) is 13.0 Å². The summed E-state index contributed by atoms with van der Waals surface area (Å²) in [7, 11) is 0. The van der Waals surface area contributed by atoms with Gasteiger partial charge >= 0.3 is 0 Å². The molecule has 1 aliphatic heterocycles. The monoisotopic (exact) mass is 291 g/mol. The van der Waals surface area contributed by atoms with Crippen LogP contribution in [0, 0.1) is 0 Å². The molecule has 0 bridgehead atoms. The number of carbonyl (C=O) groups excluding carboxylic acids is 1. The molecule has 1 aromatic carbocycles. The number of nitrogens with zero attached hydrogens (tertiary/aromatic N) is 1. The average Bonchev–Trinajstić information content (AvgIpc) is 2.41. The summed E-state index contributed by atoms with van der Waals surface area (Å²) in [5, 5.41) is 9.64. The van der Waals surface area contributed by atoms with Gasteiger partial charge in [0.15, 0.2) is 0 Å². The molecule has 0 aliphatic carbocycles. The van der Waals surface area contributed by atoms with E-state index in [0.29, 0.717) is 19.6 Å². The molecule has 4 nitrogen and oxygen atoms in total. The van der Waals surface area contributed by atoms with Crippen LogP contribution in [-0.4, -0.2) is 39.8 Å². The molecule has 2 rings (SSSR count). The minimum absolute atomic E-state index is 0.0523. The van der Waals surface area contributed by atoms with Gasteiger partial charge in [0.25, 0.3) is 5.91 Å². The maximum absolute atomic E-state index is 12.9. The van der Waals surface area contributed by atoms with Crippen LogP contribution in [-0.2, 0) is 16.1 Å². The smallest absolute Gasteiger partial charge is 0.255 e. The van der Waals surface area contributed by atoms with Crippen molar-refractivity contribution in [2.24, 2.45) is 0 Å². The van der Waals surface area contributed by atoms with Gasteiger partial charge in [-0.1, -0.05) is 30.3 Å². The van der Waals surface area contributed by atoms with Crippen LogP contribution in [0.2, 0.25) is 0 Å². The topological polar surface area (TPSA) is 49.8 Å². The number of benzene rings is 1. The molecule has 116 valence electrons. The minimum atomic E-state index is -0.946. The second-order valence-corrected chi connectivity index (χ2v) is 6.76. The summed E-state index contributed by atoms with van der Waals surface area (Å²) in [6.07, 6.45) is -0.258. The Labute approximate surface area is 126 Å². The van der Waals surface area contributed by atoms with E-state index in [9.17, 15) is 9.90 Å². The van der Waals surface area contributed by atoms with Crippen molar-refractivity contribution >= 4 is 5.91 Å². The molecule has 1 aliphatic rings. The summed E-state index contributed by atoms with van der Waals surface area (Å²) in [6, 6.07) is 9.95. The van der Waals surface area contributed by atoms with Gasteiger partial charge in [-0.2, -0.15) is 0 Å². The molecule has 1 aromatic rings. The Morgan fingerprint density at radius 2 is 1.90 bits per heavy atom. The van der Waals surface area contributed by atoms with Crippen molar-refractivity contribution in [1.82, 2.24) is 4.90 Å². The summed E-state index contributed by atoms with van der Waals surface area (Å²) in [5.74, 6) is -0.0523. The van der Waals surface area contributed by atoms with Gasteiger partial charge in [0.2, 0.25) is 0 Å². The number of hydrogen-bond donors (Lipinski definition) is 1. The molecule has 1 amide bonds. The third kappa shape index (κ3) is 3.44. The van der Waals surface area contributed by atoms with E-state index in [-0.39, 0.29) is 11.4 Å². The predicted octanol–water partition coefficient (Wildman–Crippen LogP) is 2.35. The molecule has 1 saturated heterocycles. The van der Waals surface area contributed by atoms with Gasteiger partial charge in [-0.3, -0.25) is 4.79 Å². The SMILES string of the molecule is CC(O)CC1(C)OCC(C)(C)N(Cc2ccccc2)C1=O. The molecule has 2 unspecified atom stereocenters. The van der Waals surface area contributed by atoms with E-state index >= 15 is 0 Å². The molecule has 0 radical (unpaired) electrons. The first-order valence-electron chi connectivity index (χ1n) is 7.43. The van der Waals surface area contributed by atoms with Gasteiger partial charge in [0.05, 0.1) is 18.2 Å². The Balaban J connectivity index is 2.25. The largest absolute Gasteiger partial charge is 0.393 e. The van der Waals surface area contributed by atoms with Crippen LogP contribution in [0.25, 0.3) is 0 Å². The number of ether oxygens (including phenoxy) is 1. The van der Waals surface area contributed by atoms with Crippen LogP contribution in [0.1, 0.15) is 39.7 Å².